The molecule has 4 N–H and O–H groups in total. The number of ether oxygens (including phenoxy) is 4. The number of urea groups is 8. The van der Waals surface area contributed by atoms with Crippen LogP contribution < -0.4 is 18.9 Å². The Morgan fingerprint density at radius 2 is 0.500 bits per heavy atom. The van der Waals surface area contributed by atoms with Crippen LogP contribution in [0.4, 0.5) is 38.4 Å². The van der Waals surface area contributed by atoms with Crippen molar-refractivity contribution in [3.05, 3.63) is 46.5 Å². The normalized spacial score (nSPS) is 29.6. The second-order valence-corrected chi connectivity index (χ2v) is 32.9. The summed E-state index contributed by atoms with van der Waals surface area (Å²) >= 11 is 0. The van der Waals surface area contributed by atoms with Crippen LogP contribution in [0.15, 0.2) is 24.3 Å². The minimum atomic E-state index is -4.38. The van der Waals surface area contributed by atoms with Crippen molar-refractivity contribution in [3.8, 4) is 23.0 Å². The summed E-state index contributed by atoms with van der Waals surface area (Å²) in [5.74, 6) is -2.01. The van der Waals surface area contributed by atoms with Crippen LogP contribution in [0.25, 0.3) is 0 Å². The highest BCUT2D eigenvalue weighted by Crippen LogP contribution is 2.60. The van der Waals surface area contributed by atoms with E-state index in [4.69, 9.17) is 18.9 Å². The maximum absolute atomic E-state index is 15.6. The molecule has 11 saturated heterocycles. The summed E-state index contributed by atoms with van der Waals surface area (Å²) in [6.45, 7) is 0.998. The van der Waals surface area contributed by atoms with E-state index in [0.29, 0.717) is 22.3 Å². The molecule has 13 heterocycles. The van der Waals surface area contributed by atoms with E-state index in [2.05, 4.69) is 0 Å². The van der Waals surface area contributed by atoms with Crippen LogP contribution in [0.1, 0.15) is 75.6 Å². The maximum Gasteiger partial charge on any atom is 0.326 e. The second kappa shape index (κ2) is 21.5. The number of amides is 16. The van der Waals surface area contributed by atoms with Crippen LogP contribution in [-0.4, -0.2) is 315 Å². The topological polar surface area (TPSA) is 443 Å². The molecule has 15 rings (SSSR count). The monoisotopic (exact) mass is 1450 g/mol. The van der Waals surface area contributed by atoms with Crippen LogP contribution in [0, 0.1) is 0 Å². The molecular formula is C54H68N16O24S4. The Morgan fingerprint density at radius 1 is 0.316 bits per heavy atom. The van der Waals surface area contributed by atoms with E-state index in [-0.39, 0.29) is 101 Å². The molecule has 0 aliphatic carbocycles. The molecule has 0 radical (unpaired) electrons. The van der Waals surface area contributed by atoms with E-state index in [1.54, 1.807) is 27.7 Å². The fourth-order valence-electron chi connectivity index (χ4n) is 16.9. The highest BCUT2D eigenvalue weighted by Gasteiger charge is 2.80. The number of benzene rings is 2. The van der Waals surface area contributed by atoms with Gasteiger partial charge in [-0.2, -0.15) is 33.7 Å². The van der Waals surface area contributed by atoms with Gasteiger partial charge in [0.15, 0.2) is 47.3 Å². The number of carbonyl (C=O) groups is 8. The molecule has 0 saturated carbocycles. The van der Waals surface area contributed by atoms with Gasteiger partial charge in [0.2, 0.25) is 0 Å². The zero-order valence-electron chi connectivity index (χ0n) is 52.9. The van der Waals surface area contributed by atoms with Crippen molar-refractivity contribution in [3.63, 3.8) is 0 Å². The molecule has 0 atom stereocenters. The fraction of sp³-hybridized carbons (Fsp3) is 0.630. The lowest BCUT2D eigenvalue weighted by Crippen LogP contribution is -2.69. The summed E-state index contributed by atoms with van der Waals surface area (Å²) in [5.41, 5.74) is -5.55. The van der Waals surface area contributed by atoms with E-state index in [1.165, 1.54) is 103 Å². The number of rotatable bonds is 20. The molecule has 11 fully saturated rings. The predicted molar refractivity (Wildman–Crippen MR) is 324 cm³/mol. The first-order chi connectivity index (χ1) is 45.9. The van der Waals surface area contributed by atoms with Gasteiger partial charge in [-0.25, -0.2) is 38.4 Å². The summed E-state index contributed by atoms with van der Waals surface area (Å²) in [6, 6.07) is 0.128. The molecule has 13 aliphatic rings. The molecule has 98 heavy (non-hydrogen) atoms. The number of hydrogen-bond acceptors (Lipinski definition) is 20. The van der Waals surface area contributed by atoms with Crippen molar-refractivity contribution in [1.29, 1.82) is 0 Å². The van der Waals surface area contributed by atoms with Gasteiger partial charge in [-0.1, -0.05) is 0 Å². The largest absolute Gasteiger partial charge is 0.493 e. The number of fused-ring (bicyclic) bond motifs is 2. The summed E-state index contributed by atoms with van der Waals surface area (Å²) in [6.07, 6.45) is -5.79. The summed E-state index contributed by atoms with van der Waals surface area (Å²) in [4.78, 5) is 146. The first-order valence-corrected chi connectivity index (χ1v) is 37.7. The van der Waals surface area contributed by atoms with Crippen molar-refractivity contribution >= 4 is 88.7 Å². The molecule has 2 aromatic carbocycles. The zero-order valence-corrected chi connectivity index (χ0v) is 56.2. The number of nitrogens with zero attached hydrogens (tertiary/aromatic N) is 16. The molecule has 40 nitrogen and oxygen atoms in total. The van der Waals surface area contributed by atoms with Gasteiger partial charge in [-0.05, 0) is 77.6 Å². The van der Waals surface area contributed by atoms with Crippen molar-refractivity contribution in [1.82, 2.24) is 78.4 Å². The molecule has 0 unspecified atom stereocenters. The minimum absolute atomic E-state index is 0.140. The van der Waals surface area contributed by atoms with E-state index in [0.717, 1.165) is 0 Å². The van der Waals surface area contributed by atoms with E-state index in [9.17, 15) is 51.9 Å². The van der Waals surface area contributed by atoms with Gasteiger partial charge in [0.25, 0.3) is 40.5 Å². The third-order valence-corrected chi connectivity index (χ3v) is 25.1. The Kier molecular flexibility index (Phi) is 14.3. The van der Waals surface area contributed by atoms with Crippen molar-refractivity contribution < 1.29 is 109 Å². The molecule has 13 aliphatic heterocycles. The van der Waals surface area contributed by atoms with Gasteiger partial charge < -0.3 is 18.9 Å². The van der Waals surface area contributed by atoms with Gasteiger partial charge >= 0.3 is 48.2 Å². The highest BCUT2D eigenvalue weighted by atomic mass is 32.2. The van der Waals surface area contributed by atoms with Crippen LogP contribution >= 0.6 is 0 Å². The Bertz CT molecular complexity index is 3880. The molecule has 44 heteroatoms. The number of hydrogen-bond donors (Lipinski definition) is 4. The van der Waals surface area contributed by atoms with Crippen LogP contribution in [-0.2, 0) is 66.7 Å². The third kappa shape index (κ3) is 9.13. The van der Waals surface area contributed by atoms with Crippen LogP contribution in [0.3, 0.4) is 0 Å². The molecule has 532 valence electrons. The van der Waals surface area contributed by atoms with E-state index >= 15 is 38.4 Å². The van der Waals surface area contributed by atoms with Crippen LogP contribution in [0.5, 0.6) is 23.0 Å². The summed E-state index contributed by atoms with van der Waals surface area (Å²) < 4.78 is 155. The van der Waals surface area contributed by atoms with E-state index in [1.807, 2.05) is 0 Å². The lowest BCUT2D eigenvalue weighted by Gasteiger charge is -2.49. The molecule has 0 aromatic heterocycles. The van der Waals surface area contributed by atoms with Gasteiger partial charge in [-0.15, -0.1) is 0 Å². The summed E-state index contributed by atoms with van der Waals surface area (Å²) in [5, 5.41) is 0. The SMILES string of the molecule is CC12N3Cc4c(OCCCS(=O)(=O)O)ccc(OCCCS(=O)(=O)O)c4CN1C(=O)N1CN4C(=O)N5CN6C(=O)N7CN8C(=O)N9Cc%10c(OCCCS(=O)(=O)O)ccc(OCCCS(=O)(=O)O)c%10CN%10C(=O)N(CN%11C(=O)N(CN%12C(=O)N(CN(C3=O)C12C)C4C%125)C6C%117)C8(C)C%109C. The third-order valence-electron chi connectivity index (χ3n) is 21.9. The molecule has 16 amide bonds. The first-order valence-electron chi connectivity index (χ1n) is 31.2. The smallest absolute Gasteiger partial charge is 0.326 e. The zero-order chi connectivity index (χ0) is 70.0. The lowest BCUT2D eigenvalue weighted by atomic mass is 9.95. The average molecular weight is 1450 g/mol. The lowest BCUT2D eigenvalue weighted by molar-refractivity contribution is -0.0871. The first kappa shape index (κ1) is 65.4. The van der Waals surface area contributed by atoms with Gasteiger partial charge in [-0.3, -0.25) is 96.6 Å². The minimum Gasteiger partial charge on any atom is -0.493 e. The van der Waals surface area contributed by atoms with Gasteiger partial charge in [0.05, 0.1) is 75.6 Å². The Hall–Kier alpha value is -8.56. The highest BCUT2D eigenvalue weighted by molar-refractivity contribution is 7.86. The Labute approximate surface area is 559 Å². The summed E-state index contributed by atoms with van der Waals surface area (Å²) in [7, 11) is -17.5. The fourth-order valence-corrected chi connectivity index (χ4v) is 18.8. The van der Waals surface area contributed by atoms with Gasteiger partial charge in [0, 0.05) is 22.3 Å². The van der Waals surface area contributed by atoms with Crippen molar-refractivity contribution in [2.24, 2.45) is 0 Å². The quantitative estimate of drug-likeness (QED) is 0.0993. The molecule has 2 aromatic rings. The predicted octanol–water partition coefficient (Wildman–Crippen LogP) is -0.103. The standard InChI is InChI=1S/C54H68N16O24S4/c1-51-53(3)67-27-59-41-39-55(43(59)71)25-57-40-42-61(45(57)73)29-69-49(77)65-23-33-34(38(94-16-8-20-98(88,89)90)12-11-37(33)93-15-7-19-97(85,86)87)24-66-50(78)70(54(69,4)52(65,66)2)30-62(42)46(74)58(40)26-56(39)44(72)60(41)28-68(53)48(76)64(51)22-32-31(21-63(51)47(67)75)35(91-13-5-17-95(79,80)81)9-10-36(32)92-14-6-18-96(82,83)84/h9-12,39-42H,5-8,13-30H2,1-4H3,(H,79,80,81)(H,82,83,84)(H,85,86,87)(H,88,89,90). The van der Waals surface area contributed by atoms with Crippen LogP contribution in [0.2, 0.25) is 0 Å². The second-order valence-electron chi connectivity index (χ2n) is 26.7. The maximum atomic E-state index is 15.6. The van der Waals surface area contributed by atoms with Gasteiger partial charge in [0.1, 0.15) is 63.0 Å². The Morgan fingerprint density at radius 3 is 0.694 bits per heavy atom. The molecule has 0 spiro atoms. The van der Waals surface area contributed by atoms with Crippen molar-refractivity contribution in [2.75, 3.05) is 89.5 Å². The molecular weight excluding hydrogens is 1380 g/mol. The number of carbonyl (C=O) groups excluding carboxylic acids is 8. The average Bonchev–Trinajstić information content (AvgIpc) is 1.50. The Balaban J connectivity index is 0.749. The van der Waals surface area contributed by atoms with E-state index < -0.39 is 199 Å². The van der Waals surface area contributed by atoms with Crippen molar-refractivity contribution in [2.45, 2.75) is 127 Å². The molecule has 0 bridgehead atoms.